The van der Waals surface area contributed by atoms with Crippen molar-refractivity contribution >= 4 is 22.5 Å². The van der Waals surface area contributed by atoms with Crippen molar-refractivity contribution in [2.75, 3.05) is 0 Å². The molecule has 0 aliphatic heterocycles. The molecule has 3 aromatic rings. The minimum absolute atomic E-state index is 0.218. The Kier molecular flexibility index (Phi) is 3.84. The number of halogens is 2. The third-order valence-electron chi connectivity index (χ3n) is 3.46. The van der Waals surface area contributed by atoms with Gasteiger partial charge in [-0.2, -0.15) is 0 Å². The van der Waals surface area contributed by atoms with Gasteiger partial charge in [0.05, 0.1) is 5.52 Å². The summed E-state index contributed by atoms with van der Waals surface area (Å²) < 4.78 is 21.8. The first-order valence-electron chi connectivity index (χ1n) is 6.83. The molecule has 108 valence electrons. The molecule has 3 rings (SSSR count). The highest BCUT2D eigenvalue weighted by Gasteiger charge is 2.12. The molecule has 0 fully saturated rings. The van der Waals surface area contributed by atoms with Crippen LogP contribution in [-0.4, -0.2) is 4.57 Å². The number of benzene rings is 2. The molecule has 0 aliphatic carbocycles. The molecule has 0 radical (unpaired) electrons. The first kappa shape index (κ1) is 14.0. The first-order chi connectivity index (χ1) is 10.2. The Bertz CT molecular complexity index is 782. The molecule has 0 amide bonds. The first-order valence-corrected chi connectivity index (χ1v) is 7.21. The predicted octanol–water partition coefficient (Wildman–Crippen LogP) is 5.03. The van der Waals surface area contributed by atoms with E-state index in [9.17, 15) is 4.39 Å². The molecule has 0 saturated heterocycles. The van der Waals surface area contributed by atoms with Crippen molar-refractivity contribution < 1.29 is 9.13 Å². The van der Waals surface area contributed by atoms with Gasteiger partial charge in [-0.25, -0.2) is 4.39 Å². The Hall–Kier alpha value is -2.00. The van der Waals surface area contributed by atoms with Gasteiger partial charge in [0.15, 0.2) is 0 Å². The van der Waals surface area contributed by atoms with E-state index < -0.39 is 0 Å². The lowest BCUT2D eigenvalue weighted by atomic mass is 10.2. The van der Waals surface area contributed by atoms with Gasteiger partial charge >= 0.3 is 0 Å². The SMILES string of the molecule is CCn1cc(COc2cccc(Cl)c2)c2c(F)cccc21. The fourth-order valence-electron chi connectivity index (χ4n) is 2.48. The van der Waals surface area contributed by atoms with Crippen molar-refractivity contribution in [2.45, 2.75) is 20.1 Å². The van der Waals surface area contributed by atoms with Crippen LogP contribution in [0.25, 0.3) is 10.9 Å². The van der Waals surface area contributed by atoms with Crippen molar-refractivity contribution in [3.63, 3.8) is 0 Å². The van der Waals surface area contributed by atoms with Crippen molar-refractivity contribution in [3.8, 4) is 5.75 Å². The number of fused-ring (bicyclic) bond motifs is 1. The van der Waals surface area contributed by atoms with E-state index in [4.69, 9.17) is 16.3 Å². The van der Waals surface area contributed by atoms with Gasteiger partial charge in [-0.15, -0.1) is 0 Å². The zero-order valence-electron chi connectivity index (χ0n) is 11.6. The molecule has 0 unspecified atom stereocenters. The molecular formula is C17H15ClFNO. The van der Waals surface area contributed by atoms with Crippen LogP contribution in [0.4, 0.5) is 4.39 Å². The third kappa shape index (κ3) is 2.74. The Morgan fingerprint density at radius 2 is 2.00 bits per heavy atom. The maximum absolute atomic E-state index is 14.1. The molecule has 1 aromatic heterocycles. The number of aryl methyl sites for hydroxylation is 1. The molecule has 1 heterocycles. The third-order valence-corrected chi connectivity index (χ3v) is 3.70. The van der Waals surface area contributed by atoms with E-state index >= 15 is 0 Å². The lowest BCUT2D eigenvalue weighted by Gasteiger charge is -2.05. The second kappa shape index (κ2) is 5.78. The summed E-state index contributed by atoms with van der Waals surface area (Å²) in [7, 11) is 0. The van der Waals surface area contributed by atoms with E-state index in [0.717, 1.165) is 17.6 Å². The van der Waals surface area contributed by atoms with Crippen LogP contribution in [0.5, 0.6) is 5.75 Å². The van der Waals surface area contributed by atoms with E-state index in [1.807, 2.05) is 35.9 Å². The number of aromatic nitrogens is 1. The van der Waals surface area contributed by atoms with Crippen LogP contribution >= 0.6 is 11.6 Å². The quantitative estimate of drug-likeness (QED) is 0.659. The molecule has 4 heteroatoms. The Labute approximate surface area is 127 Å². The lowest BCUT2D eigenvalue weighted by Crippen LogP contribution is -1.95. The predicted molar refractivity (Wildman–Crippen MR) is 83.4 cm³/mol. The number of hydrogen-bond donors (Lipinski definition) is 0. The summed E-state index contributed by atoms with van der Waals surface area (Å²) in [5.74, 6) is 0.459. The van der Waals surface area contributed by atoms with Crippen LogP contribution in [0.1, 0.15) is 12.5 Å². The van der Waals surface area contributed by atoms with E-state index in [0.29, 0.717) is 22.8 Å². The van der Waals surface area contributed by atoms with Crippen molar-refractivity contribution in [3.05, 3.63) is 65.1 Å². The summed E-state index contributed by atoms with van der Waals surface area (Å²) >= 11 is 5.93. The number of nitrogens with zero attached hydrogens (tertiary/aromatic N) is 1. The smallest absolute Gasteiger partial charge is 0.132 e. The van der Waals surface area contributed by atoms with E-state index in [-0.39, 0.29) is 5.82 Å². The minimum Gasteiger partial charge on any atom is -0.489 e. The molecule has 0 N–H and O–H groups in total. The van der Waals surface area contributed by atoms with Gasteiger partial charge in [0, 0.05) is 28.7 Å². The zero-order chi connectivity index (χ0) is 14.8. The number of ether oxygens (including phenoxy) is 1. The lowest BCUT2D eigenvalue weighted by molar-refractivity contribution is 0.307. The maximum Gasteiger partial charge on any atom is 0.132 e. The van der Waals surface area contributed by atoms with Crippen LogP contribution in [0.15, 0.2) is 48.7 Å². The van der Waals surface area contributed by atoms with Gasteiger partial charge < -0.3 is 9.30 Å². The molecule has 0 aliphatic rings. The van der Waals surface area contributed by atoms with E-state index in [2.05, 4.69) is 0 Å². The van der Waals surface area contributed by atoms with Gasteiger partial charge in [-0.3, -0.25) is 0 Å². The summed E-state index contributed by atoms with van der Waals surface area (Å²) in [5.41, 5.74) is 1.73. The highest BCUT2D eigenvalue weighted by atomic mass is 35.5. The molecule has 0 saturated carbocycles. The Morgan fingerprint density at radius 1 is 1.19 bits per heavy atom. The van der Waals surface area contributed by atoms with Gasteiger partial charge in [0.25, 0.3) is 0 Å². The molecule has 2 aromatic carbocycles. The van der Waals surface area contributed by atoms with Gasteiger partial charge in [-0.05, 0) is 37.3 Å². The highest BCUT2D eigenvalue weighted by Crippen LogP contribution is 2.26. The summed E-state index contributed by atoms with van der Waals surface area (Å²) in [4.78, 5) is 0. The van der Waals surface area contributed by atoms with Crippen LogP contribution < -0.4 is 4.74 Å². The molecular weight excluding hydrogens is 289 g/mol. The number of hydrogen-bond acceptors (Lipinski definition) is 1. The summed E-state index contributed by atoms with van der Waals surface area (Å²) in [5, 5.41) is 1.25. The number of rotatable bonds is 4. The van der Waals surface area contributed by atoms with Gasteiger partial charge in [0.1, 0.15) is 18.2 Å². The summed E-state index contributed by atoms with van der Waals surface area (Å²) in [6.07, 6.45) is 1.94. The molecule has 0 bridgehead atoms. The van der Waals surface area contributed by atoms with E-state index in [1.165, 1.54) is 6.07 Å². The average Bonchev–Trinajstić information content (AvgIpc) is 2.85. The van der Waals surface area contributed by atoms with Crippen molar-refractivity contribution in [1.82, 2.24) is 4.57 Å². The Morgan fingerprint density at radius 3 is 2.76 bits per heavy atom. The Balaban J connectivity index is 1.94. The summed E-state index contributed by atoms with van der Waals surface area (Å²) in [6.45, 7) is 3.13. The van der Waals surface area contributed by atoms with Crippen LogP contribution in [0, 0.1) is 5.82 Å². The van der Waals surface area contributed by atoms with Crippen molar-refractivity contribution in [2.24, 2.45) is 0 Å². The minimum atomic E-state index is -0.218. The van der Waals surface area contributed by atoms with Crippen molar-refractivity contribution in [1.29, 1.82) is 0 Å². The zero-order valence-corrected chi connectivity index (χ0v) is 12.4. The average molecular weight is 304 g/mol. The standard InChI is InChI=1S/C17H15ClFNO/c1-2-20-10-12(17-15(19)7-4-8-16(17)20)11-21-14-6-3-5-13(18)9-14/h3-10H,2,11H2,1H3. The second-order valence-corrected chi connectivity index (χ2v) is 5.26. The highest BCUT2D eigenvalue weighted by molar-refractivity contribution is 6.30. The monoisotopic (exact) mass is 303 g/mol. The van der Waals surface area contributed by atoms with Gasteiger partial charge in [0.2, 0.25) is 0 Å². The van der Waals surface area contributed by atoms with Crippen LogP contribution in [-0.2, 0) is 13.2 Å². The maximum atomic E-state index is 14.1. The summed E-state index contributed by atoms with van der Waals surface area (Å²) in [6, 6.07) is 12.3. The fourth-order valence-corrected chi connectivity index (χ4v) is 2.66. The topological polar surface area (TPSA) is 14.2 Å². The van der Waals surface area contributed by atoms with E-state index in [1.54, 1.807) is 18.2 Å². The molecule has 2 nitrogen and oxygen atoms in total. The van der Waals surface area contributed by atoms with Gasteiger partial charge in [-0.1, -0.05) is 23.7 Å². The normalized spacial score (nSPS) is 11.0. The van der Waals surface area contributed by atoms with Crippen LogP contribution in [0.3, 0.4) is 0 Å². The largest absolute Gasteiger partial charge is 0.489 e. The fraction of sp³-hybridized carbons (Fsp3) is 0.176. The van der Waals surface area contributed by atoms with Crippen LogP contribution in [0.2, 0.25) is 5.02 Å². The molecule has 0 spiro atoms. The molecule has 0 atom stereocenters. The second-order valence-electron chi connectivity index (χ2n) is 4.82. The molecule has 21 heavy (non-hydrogen) atoms.